The molecule has 0 unspecified atom stereocenters. The summed E-state index contributed by atoms with van der Waals surface area (Å²) in [6.45, 7) is 1.47. The van der Waals surface area contributed by atoms with Crippen LogP contribution in [0.25, 0.3) is 5.65 Å². The lowest BCUT2D eigenvalue weighted by atomic mass is 10.2. The van der Waals surface area contributed by atoms with Crippen LogP contribution in [0.5, 0.6) is 0 Å². The Balaban J connectivity index is 1.60. The molecule has 0 spiro atoms. The summed E-state index contributed by atoms with van der Waals surface area (Å²) in [4.78, 5) is 16.5. The molecule has 3 heterocycles. The van der Waals surface area contributed by atoms with E-state index in [2.05, 4.69) is 20.5 Å². The number of nitrogens with one attached hydrogen (secondary N) is 1. The van der Waals surface area contributed by atoms with E-state index in [4.69, 9.17) is 11.6 Å². The predicted molar refractivity (Wildman–Crippen MR) is 103 cm³/mol. The summed E-state index contributed by atoms with van der Waals surface area (Å²) in [5, 5.41) is 10.3. The maximum absolute atomic E-state index is 13.8. The van der Waals surface area contributed by atoms with Crippen molar-refractivity contribution >= 4 is 29.0 Å². The number of aromatic nitrogens is 5. The van der Waals surface area contributed by atoms with Crippen molar-refractivity contribution in [1.82, 2.24) is 24.4 Å². The van der Waals surface area contributed by atoms with Gasteiger partial charge in [0, 0.05) is 23.5 Å². The molecule has 0 saturated carbocycles. The van der Waals surface area contributed by atoms with Gasteiger partial charge >= 0.3 is 6.18 Å². The van der Waals surface area contributed by atoms with Crippen LogP contribution in [-0.2, 0) is 12.7 Å². The standard InChI is InChI=1S/C19H13ClF4N6O/c1-10-6-15(19(22,23)24)30-16(25-10)7-14(27-30)18(31)26-17-12(20)9-29(28-17)8-11-4-2-3-5-13(11)21/h2-7,9H,8H2,1H3,(H,26,28,31). The van der Waals surface area contributed by atoms with Crippen LogP contribution in [0.4, 0.5) is 23.4 Å². The second-order valence-electron chi connectivity index (χ2n) is 6.65. The van der Waals surface area contributed by atoms with Crippen LogP contribution >= 0.6 is 11.6 Å². The fraction of sp³-hybridized carbons (Fsp3) is 0.158. The molecule has 0 saturated heterocycles. The molecule has 4 rings (SSSR count). The van der Waals surface area contributed by atoms with Gasteiger partial charge in [-0.1, -0.05) is 29.8 Å². The molecule has 0 atom stereocenters. The van der Waals surface area contributed by atoms with Gasteiger partial charge in [-0.25, -0.2) is 13.9 Å². The summed E-state index contributed by atoms with van der Waals surface area (Å²) >= 11 is 6.09. The summed E-state index contributed by atoms with van der Waals surface area (Å²) < 4.78 is 55.5. The molecule has 12 heteroatoms. The molecule has 0 aliphatic carbocycles. The van der Waals surface area contributed by atoms with Gasteiger partial charge in [0.25, 0.3) is 5.91 Å². The van der Waals surface area contributed by atoms with Crippen molar-refractivity contribution in [3.63, 3.8) is 0 Å². The van der Waals surface area contributed by atoms with Crippen LogP contribution in [0.3, 0.4) is 0 Å². The molecule has 7 nitrogen and oxygen atoms in total. The molecule has 31 heavy (non-hydrogen) atoms. The van der Waals surface area contributed by atoms with Crippen molar-refractivity contribution in [2.75, 3.05) is 5.32 Å². The predicted octanol–water partition coefficient (Wildman–Crippen LogP) is 4.35. The van der Waals surface area contributed by atoms with Crippen molar-refractivity contribution in [3.05, 3.63) is 76.1 Å². The van der Waals surface area contributed by atoms with E-state index in [1.54, 1.807) is 18.2 Å². The Labute approximate surface area is 177 Å². The lowest BCUT2D eigenvalue weighted by Crippen LogP contribution is -2.16. The maximum atomic E-state index is 13.8. The third-order valence-electron chi connectivity index (χ3n) is 4.32. The number of halogens is 5. The van der Waals surface area contributed by atoms with E-state index in [1.807, 2.05) is 0 Å². The average molecular weight is 453 g/mol. The third-order valence-corrected chi connectivity index (χ3v) is 4.59. The zero-order valence-electron chi connectivity index (χ0n) is 15.8. The van der Waals surface area contributed by atoms with Gasteiger partial charge in [0.15, 0.2) is 17.2 Å². The van der Waals surface area contributed by atoms with Gasteiger partial charge in [0.2, 0.25) is 0 Å². The molecule has 1 amide bonds. The van der Waals surface area contributed by atoms with Gasteiger partial charge in [-0.15, -0.1) is 0 Å². The maximum Gasteiger partial charge on any atom is 0.433 e. The molecule has 3 aromatic heterocycles. The molecule has 0 radical (unpaired) electrons. The lowest BCUT2D eigenvalue weighted by molar-refractivity contribution is -0.142. The van der Waals surface area contributed by atoms with Gasteiger partial charge in [0.1, 0.15) is 16.5 Å². The number of alkyl halides is 3. The first-order valence-electron chi connectivity index (χ1n) is 8.84. The molecule has 1 aromatic carbocycles. The number of rotatable bonds is 4. The summed E-state index contributed by atoms with van der Waals surface area (Å²) in [5.41, 5.74) is -0.999. The monoisotopic (exact) mass is 452 g/mol. The molecule has 0 fully saturated rings. The van der Waals surface area contributed by atoms with E-state index >= 15 is 0 Å². The average Bonchev–Trinajstić information content (AvgIpc) is 3.25. The normalized spacial score (nSPS) is 11.8. The molecular weight excluding hydrogens is 440 g/mol. The van der Waals surface area contributed by atoms with Gasteiger partial charge in [-0.3, -0.25) is 9.48 Å². The number of benzene rings is 1. The van der Waals surface area contributed by atoms with Gasteiger partial charge in [-0.05, 0) is 19.1 Å². The molecule has 1 N–H and O–H groups in total. The topological polar surface area (TPSA) is 77.1 Å². The minimum absolute atomic E-state index is 0.0414. The van der Waals surface area contributed by atoms with Crippen LogP contribution in [0, 0.1) is 12.7 Å². The number of nitrogens with zero attached hydrogens (tertiary/aromatic N) is 5. The largest absolute Gasteiger partial charge is 0.433 e. The molecule has 0 aliphatic heterocycles. The summed E-state index contributed by atoms with van der Waals surface area (Å²) in [7, 11) is 0. The molecule has 160 valence electrons. The molecular formula is C19H13ClF4N6O. The molecule has 0 bridgehead atoms. The molecule has 4 aromatic rings. The van der Waals surface area contributed by atoms with E-state index in [0.717, 1.165) is 12.1 Å². The number of hydrogen-bond donors (Lipinski definition) is 1. The minimum atomic E-state index is -4.68. The van der Waals surface area contributed by atoms with Gasteiger partial charge < -0.3 is 5.32 Å². The highest BCUT2D eigenvalue weighted by Crippen LogP contribution is 2.30. The first-order chi connectivity index (χ1) is 14.6. The van der Waals surface area contributed by atoms with E-state index < -0.39 is 23.6 Å². The van der Waals surface area contributed by atoms with E-state index in [-0.39, 0.29) is 34.4 Å². The van der Waals surface area contributed by atoms with E-state index in [1.165, 1.54) is 23.9 Å². The summed E-state index contributed by atoms with van der Waals surface area (Å²) in [6, 6.07) is 8.06. The smallest absolute Gasteiger partial charge is 0.302 e. The number of anilines is 1. The lowest BCUT2D eigenvalue weighted by Gasteiger charge is -2.09. The Bertz CT molecular complexity index is 1300. The van der Waals surface area contributed by atoms with E-state index in [9.17, 15) is 22.4 Å². The van der Waals surface area contributed by atoms with Crippen LogP contribution in [0.2, 0.25) is 5.02 Å². The molecule has 0 aliphatic rings. The quantitative estimate of drug-likeness (QED) is 0.467. The van der Waals surface area contributed by atoms with Crippen molar-refractivity contribution in [3.8, 4) is 0 Å². The summed E-state index contributed by atoms with van der Waals surface area (Å²) in [5.74, 6) is -1.29. The third kappa shape index (κ3) is 4.22. The number of amides is 1. The van der Waals surface area contributed by atoms with Crippen LogP contribution in [-0.4, -0.2) is 30.3 Å². The number of carbonyl (C=O) groups is 1. The Morgan fingerprint density at radius 1 is 1.19 bits per heavy atom. The van der Waals surface area contributed by atoms with Crippen LogP contribution < -0.4 is 5.32 Å². The zero-order chi connectivity index (χ0) is 22.3. The number of carbonyl (C=O) groups excluding carboxylic acids is 1. The fourth-order valence-corrected chi connectivity index (χ4v) is 3.15. The first kappa shape index (κ1) is 20.8. The van der Waals surface area contributed by atoms with Gasteiger partial charge in [-0.2, -0.15) is 23.4 Å². The van der Waals surface area contributed by atoms with Crippen molar-refractivity contribution in [1.29, 1.82) is 0 Å². The summed E-state index contributed by atoms with van der Waals surface area (Å²) in [6.07, 6.45) is -3.29. The van der Waals surface area contributed by atoms with Crippen molar-refractivity contribution in [2.45, 2.75) is 19.6 Å². The number of fused-ring (bicyclic) bond motifs is 1. The van der Waals surface area contributed by atoms with Crippen molar-refractivity contribution in [2.24, 2.45) is 0 Å². The second kappa shape index (κ2) is 7.65. The first-order valence-corrected chi connectivity index (χ1v) is 9.22. The Kier molecular flexibility index (Phi) is 5.13. The highest BCUT2D eigenvalue weighted by atomic mass is 35.5. The zero-order valence-corrected chi connectivity index (χ0v) is 16.5. The van der Waals surface area contributed by atoms with Crippen molar-refractivity contribution < 1.29 is 22.4 Å². The van der Waals surface area contributed by atoms with E-state index in [0.29, 0.717) is 10.1 Å². The number of aryl methyl sites for hydroxylation is 1. The fourth-order valence-electron chi connectivity index (χ4n) is 2.95. The Morgan fingerprint density at radius 3 is 2.65 bits per heavy atom. The highest BCUT2D eigenvalue weighted by molar-refractivity contribution is 6.33. The highest BCUT2D eigenvalue weighted by Gasteiger charge is 2.35. The number of hydrogen-bond acceptors (Lipinski definition) is 4. The Hall–Kier alpha value is -3.47. The Morgan fingerprint density at radius 2 is 1.94 bits per heavy atom. The SMILES string of the molecule is Cc1cc(C(F)(F)F)n2nc(C(=O)Nc3nn(Cc4ccccc4F)cc3Cl)cc2n1. The van der Waals surface area contributed by atoms with Crippen LogP contribution in [0.1, 0.15) is 27.4 Å². The van der Waals surface area contributed by atoms with Gasteiger partial charge in [0.05, 0.1) is 6.54 Å². The second-order valence-corrected chi connectivity index (χ2v) is 7.06. The minimum Gasteiger partial charge on any atom is -0.302 e. The van der Waals surface area contributed by atoms with Crippen LogP contribution in [0.15, 0.2) is 42.6 Å².